The number of ether oxygens (including phenoxy) is 1. The van der Waals surface area contributed by atoms with E-state index in [-0.39, 0.29) is 17.7 Å². The van der Waals surface area contributed by atoms with Gasteiger partial charge >= 0.3 is 0 Å². The molecule has 1 atom stereocenters. The van der Waals surface area contributed by atoms with Crippen LogP contribution < -0.4 is 5.73 Å². The molecule has 7 heteroatoms. The van der Waals surface area contributed by atoms with Gasteiger partial charge in [-0.3, -0.25) is 4.99 Å². The molecule has 0 radical (unpaired) electrons. The number of hydrogen-bond acceptors (Lipinski definition) is 5. The summed E-state index contributed by atoms with van der Waals surface area (Å²) in [7, 11) is 1.54. The zero-order valence-electron chi connectivity index (χ0n) is 10.1. The molecule has 0 spiro atoms. The van der Waals surface area contributed by atoms with E-state index in [1.54, 1.807) is 7.05 Å². The van der Waals surface area contributed by atoms with Crippen LogP contribution in [0.15, 0.2) is 20.2 Å². The number of aliphatic imine (C=N–C) groups is 3. The second kappa shape index (κ2) is 6.72. The van der Waals surface area contributed by atoms with Crippen LogP contribution in [0.5, 0.6) is 0 Å². The molecule has 0 fully saturated rings. The highest BCUT2D eigenvalue weighted by Crippen LogP contribution is 2.07. The molecule has 1 heterocycles. The van der Waals surface area contributed by atoms with E-state index in [0.717, 1.165) is 19.3 Å². The summed E-state index contributed by atoms with van der Waals surface area (Å²) in [6, 6.07) is -0.929. The fourth-order valence-electron chi connectivity index (χ4n) is 1.33. The van der Waals surface area contributed by atoms with E-state index < -0.39 is 6.04 Å². The predicted molar refractivity (Wildman–Crippen MR) is 67.5 cm³/mol. The van der Waals surface area contributed by atoms with Crippen LogP contribution in [0.3, 0.4) is 0 Å². The molecule has 1 unspecified atom stereocenters. The molecule has 0 aliphatic carbocycles. The Bertz CT molecular complexity index is 362. The van der Waals surface area contributed by atoms with Crippen molar-refractivity contribution in [3.63, 3.8) is 0 Å². The summed E-state index contributed by atoms with van der Waals surface area (Å²) >= 11 is 0. The highest BCUT2D eigenvalue weighted by atomic mass is 16.5. The molecule has 0 aromatic heterocycles. The Kier molecular flexibility index (Phi) is 5.25. The Hall–Kier alpha value is -1.79. The lowest BCUT2D eigenvalue weighted by Gasteiger charge is -2.16. The number of unbranched alkanes of at least 4 members (excludes halogenated alkanes) is 2. The standard InChI is InChI=1S/C10H17N5O2/c1-3-4-5-6-17-9-7(15-16)8(11)13-10(12-2)14-9/h7H,3-6H2,1-2H3,(H2,11,12,13). The van der Waals surface area contributed by atoms with E-state index in [2.05, 4.69) is 27.1 Å². The van der Waals surface area contributed by atoms with Crippen molar-refractivity contribution in [1.29, 1.82) is 0 Å². The van der Waals surface area contributed by atoms with Gasteiger partial charge < -0.3 is 10.5 Å². The van der Waals surface area contributed by atoms with Gasteiger partial charge in [0, 0.05) is 7.05 Å². The molecular formula is C10H17N5O2. The Morgan fingerprint density at radius 2 is 2.18 bits per heavy atom. The van der Waals surface area contributed by atoms with Crippen molar-refractivity contribution in [1.82, 2.24) is 0 Å². The molecule has 0 bridgehead atoms. The first kappa shape index (κ1) is 13.3. The van der Waals surface area contributed by atoms with Gasteiger partial charge in [0.2, 0.25) is 17.9 Å². The average molecular weight is 239 g/mol. The second-order valence-electron chi connectivity index (χ2n) is 3.57. The molecule has 94 valence electrons. The van der Waals surface area contributed by atoms with Crippen LogP contribution in [0, 0.1) is 4.91 Å². The number of guanidine groups is 1. The smallest absolute Gasteiger partial charge is 0.249 e. The topological polar surface area (TPSA) is 102 Å². The van der Waals surface area contributed by atoms with E-state index in [1.807, 2.05) is 0 Å². The first-order chi connectivity index (χ1) is 8.22. The van der Waals surface area contributed by atoms with Gasteiger partial charge in [0.25, 0.3) is 0 Å². The lowest BCUT2D eigenvalue weighted by molar-refractivity contribution is 0.285. The number of nitroso groups, excluding NO2 is 1. The van der Waals surface area contributed by atoms with Gasteiger partial charge in [-0.1, -0.05) is 19.8 Å². The van der Waals surface area contributed by atoms with Gasteiger partial charge in [-0.25, -0.2) is 0 Å². The number of nitrogens with two attached hydrogens (primary N) is 1. The maximum atomic E-state index is 10.7. The molecule has 0 saturated carbocycles. The Labute approximate surface area is 99.9 Å². The van der Waals surface area contributed by atoms with E-state index in [9.17, 15) is 4.91 Å². The van der Waals surface area contributed by atoms with Gasteiger partial charge in [-0.05, 0) is 11.6 Å². The molecule has 1 rings (SSSR count). The summed E-state index contributed by atoms with van der Waals surface area (Å²) in [5.74, 6) is 0.457. The number of amidine groups is 1. The number of rotatable bonds is 5. The van der Waals surface area contributed by atoms with Crippen molar-refractivity contribution < 1.29 is 4.74 Å². The largest absolute Gasteiger partial charge is 0.479 e. The SMILES string of the molecule is CCCCCOC1=NC(=NC)N=C(N)C1N=O. The molecule has 7 nitrogen and oxygen atoms in total. The van der Waals surface area contributed by atoms with E-state index >= 15 is 0 Å². The van der Waals surface area contributed by atoms with Crippen molar-refractivity contribution in [2.45, 2.75) is 32.2 Å². The summed E-state index contributed by atoms with van der Waals surface area (Å²) < 4.78 is 5.41. The third-order valence-corrected chi connectivity index (χ3v) is 2.26. The molecule has 0 aromatic rings. The Morgan fingerprint density at radius 1 is 1.41 bits per heavy atom. The number of nitrogens with zero attached hydrogens (tertiary/aromatic N) is 4. The quantitative estimate of drug-likeness (QED) is 0.573. The Balaban J connectivity index is 2.66. The molecular weight excluding hydrogens is 222 g/mol. The van der Waals surface area contributed by atoms with Gasteiger partial charge in [-0.15, -0.1) is 4.91 Å². The van der Waals surface area contributed by atoms with E-state index in [4.69, 9.17) is 10.5 Å². The summed E-state index contributed by atoms with van der Waals surface area (Å²) in [6.45, 7) is 2.59. The second-order valence-corrected chi connectivity index (χ2v) is 3.57. The van der Waals surface area contributed by atoms with E-state index in [0.29, 0.717) is 6.61 Å². The minimum atomic E-state index is -0.929. The maximum absolute atomic E-state index is 10.7. The first-order valence-corrected chi connectivity index (χ1v) is 5.57. The molecule has 0 amide bonds. The van der Waals surface area contributed by atoms with Gasteiger partial charge in [-0.2, -0.15) is 9.98 Å². The minimum absolute atomic E-state index is 0.0705. The van der Waals surface area contributed by atoms with Crippen LogP contribution in [0.1, 0.15) is 26.2 Å². The van der Waals surface area contributed by atoms with Gasteiger partial charge in [0.1, 0.15) is 5.84 Å². The zero-order chi connectivity index (χ0) is 12.7. The first-order valence-electron chi connectivity index (χ1n) is 5.57. The van der Waals surface area contributed by atoms with Crippen molar-refractivity contribution in [3.8, 4) is 0 Å². The lowest BCUT2D eigenvalue weighted by Crippen LogP contribution is -2.39. The minimum Gasteiger partial charge on any atom is -0.479 e. The molecule has 0 saturated heterocycles. The highest BCUT2D eigenvalue weighted by molar-refractivity contribution is 6.17. The van der Waals surface area contributed by atoms with Gasteiger partial charge in [0.05, 0.1) is 6.61 Å². The van der Waals surface area contributed by atoms with Crippen LogP contribution in [-0.4, -0.2) is 37.4 Å². The monoisotopic (exact) mass is 239 g/mol. The third-order valence-electron chi connectivity index (χ3n) is 2.26. The molecule has 1 aliphatic rings. The Morgan fingerprint density at radius 3 is 2.76 bits per heavy atom. The third kappa shape index (κ3) is 3.61. The van der Waals surface area contributed by atoms with Crippen molar-refractivity contribution in [2.75, 3.05) is 13.7 Å². The lowest BCUT2D eigenvalue weighted by atomic mass is 10.2. The van der Waals surface area contributed by atoms with Crippen molar-refractivity contribution in [3.05, 3.63) is 4.91 Å². The normalized spacial score (nSPS) is 22.0. The van der Waals surface area contributed by atoms with Crippen LogP contribution in [0.25, 0.3) is 0 Å². The maximum Gasteiger partial charge on any atom is 0.249 e. The molecule has 2 N–H and O–H groups in total. The van der Waals surface area contributed by atoms with Crippen molar-refractivity contribution in [2.24, 2.45) is 25.9 Å². The predicted octanol–water partition coefficient (Wildman–Crippen LogP) is 1.08. The van der Waals surface area contributed by atoms with Crippen molar-refractivity contribution >= 4 is 17.7 Å². The summed E-state index contributed by atoms with van der Waals surface area (Å²) in [4.78, 5) is 22.3. The van der Waals surface area contributed by atoms with Crippen LogP contribution in [0.2, 0.25) is 0 Å². The molecule has 1 aliphatic heterocycles. The van der Waals surface area contributed by atoms with Crippen LogP contribution >= 0.6 is 0 Å². The fourth-order valence-corrected chi connectivity index (χ4v) is 1.33. The summed E-state index contributed by atoms with van der Waals surface area (Å²) in [6.07, 6.45) is 3.05. The van der Waals surface area contributed by atoms with Crippen LogP contribution in [0.4, 0.5) is 0 Å². The fraction of sp³-hybridized carbons (Fsp3) is 0.700. The zero-order valence-corrected chi connectivity index (χ0v) is 10.1. The van der Waals surface area contributed by atoms with E-state index in [1.165, 1.54) is 0 Å². The highest BCUT2D eigenvalue weighted by Gasteiger charge is 2.27. The van der Waals surface area contributed by atoms with Gasteiger partial charge in [0.15, 0.2) is 0 Å². The summed E-state index contributed by atoms with van der Waals surface area (Å²) in [5.41, 5.74) is 5.59. The summed E-state index contributed by atoms with van der Waals surface area (Å²) in [5, 5.41) is 2.86. The average Bonchev–Trinajstić information content (AvgIpc) is 2.34. The molecule has 17 heavy (non-hydrogen) atoms. The molecule has 0 aromatic carbocycles. The van der Waals surface area contributed by atoms with Crippen LogP contribution in [-0.2, 0) is 4.74 Å². The number of hydrogen-bond donors (Lipinski definition) is 1.